The molecule has 0 heterocycles. The molecule has 0 unspecified atom stereocenters. The summed E-state index contributed by atoms with van der Waals surface area (Å²) in [6.45, 7) is 2.35. The fraction of sp³-hybridized carbons (Fsp3) is 0.500. The average molecular weight is 351 g/mol. The summed E-state index contributed by atoms with van der Waals surface area (Å²) in [4.78, 5) is 0. The molecule has 2 heteroatoms. The van der Waals surface area contributed by atoms with Crippen LogP contribution < -0.4 is 9.47 Å². The molecule has 2 aliphatic carbocycles. The fourth-order valence-corrected chi connectivity index (χ4v) is 5.59. The van der Waals surface area contributed by atoms with Gasteiger partial charge in [-0.05, 0) is 83.9 Å². The lowest BCUT2D eigenvalue weighted by atomic mass is 9.57. The monoisotopic (exact) mass is 350 g/mol. The second-order valence-corrected chi connectivity index (χ2v) is 7.86. The minimum atomic E-state index is 0.587. The summed E-state index contributed by atoms with van der Waals surface area (Å²) in [5.74, 6) is 4.56. The van der Waals surface area contributed by atoms with E-state index in [1.165, 1.54) is 37.7 Å². The van der Waals surface area contributed by atoms with Crippen LogP contribution in [0.3, 0.4) is 0 Å². The molecule has 0 aliphatic heterocycles. The Morgan fingerprint density at radius 2 is 1.54 bits per heavy atom. The van der Waals surface area contributed by atoms with Crippen LogP contribution in [-0.4, -0.2) is 14.2 Å². The van der Waals surface area contributed by atoms with E-state index in [9.17, 15) is 0 Å². The van der Waals surface area contributed by atoms with E-state index in [2.05, 4.69) is 49.4 Å². The highest BCUT2D eigenvalue weighted by molar-refractivity contribution is 5.46. The van der Waals surface area contributed by atoms with E-state index in [0.717, 1.165) is 17.4 Å². The van der Waals surface area contributed by atoms with Crippen molar-refractivity contribution in [1.82, 2.24) is 0 Å². The Kier molecular flexibility index (Phi) is 4.93. The van der Waals surface area contributed by atoms with E-state index in [0.29, 0.717) is 17.8 Å². The van der Waals surface area contributed by atoms with Crippen LogP contribution in [0.4, 0.5) is 0 Å². The third-order valence-corrected chi connectivity index (χ3v) is 6.75. The van der Waals surface area contributed by atoms with E-state index >= 15 is 0 Å². The van der Waals surface area contributed by atoms with Crippen molar-refractivity contribution in [3.05, 3.63) is 59.2 Å². The number of rotatable bonds is 4. The molecule has 0 aromatic heterocycles. The highest BCUT2D eigenvalue weighted by atomic mass is 16.5. The van der Waals surface area contributed by atoms with Crippen LogP contribution in [0.1, 0.15) is 73.5 Å². The van der Waals surface area contributed by atoms with Crippen molar-refractivity contribution in [2.75, 3.05) is 14.2 Å². The number of hydrogen-bond acceptors (Lipinski definition) is 2. The van der Waals surface area contributed by atoms with Crippen molar-refractivity contribution in [2.24, 2.45) is 5.92 Å². The van der Waals surface area contributed by atoms with Crippen LogP contribution in [0.15, 0.2) is 42.5 Å². The minimum Gasteiger partial charge on any atom is -0.497 e. The van der Waals surface area contributed by atoms with E-state index in [-0.39, 0.29) is 0 Å². The molecule has 1 saturated carbocycles. The molecule has 2 aliphatic rings. The third kappa shape index (κ3) is 2.90. The Labute approximate surface area is 157 Å². The van der Waals surface area contributed by atoms with E-state index in [1.54, 1.807) is 25.3 Å². The van der Waals surface area contributed by atoms with Gasteiger partial charge in [0.05, 0.1) is 14.2 Å². The maximum atomic E-state index is 5.55. The number of ether oxygens (including phenoxy) is 2. The normalized spacial score (nSPS) is 27.3. The fourth-order valence-electron chi connectivity index (χ4n) is 5.59. The summed E-state index contributed by atoms with van der Waals surface area (Å²) < 4.78 is 10.9. The zero-order chi connectivity index (χ0) is 18.1. The van der Waals surface area contributed by atoms with Gasteiger partial charge in [-0.1, -0.05) is 38.0 Å². The van der Waals surface area contributed by atoms with Gasteiger partial charge in [-0.25, -0.2) is 0 Å². The van der Waals surface area contributed by atoms with Crippen LogP contribution in [0, 0.1) is 5.92 Å². The molecule has 4 rings (SSSR count). The maximum absolute atomic E-state index is 5.55. The van der Waals surface area contributed by atoms with Gasteiger partial charge in [-0.15, -0.1) is 0 Å². The van der Waals surface area contributed by atoms with Crippen LogP contribution in [0.5, 0.6) is 11.5 Å². The number of fused-ring (bicyclic) bond motifs is 3. The zero-order valence-corrected chi connectivity index (χ0v) is 16.2. The molecule has 0 N–H and O–H groups in total. The van der Waals surface area contributed by atoms with Crippen molar-refractivity contribution >= 4 is 0 Å². The van der Waals surface area contributed by atoms with Gasteiger partial charge in [-0.3, -0.25) is 0 Å². The number of methoxy groups -OCH3 is 2. The SMILES string of the molecule is CC[C@H]1c2ccc(OC)cc2[C@@H]2CCCC[C@@H]2[C@@H]1c1ccc(OC)cc1. The van der Waals surface area contributed by atoms with Gasteiger partial charge in [0.15, 0.2) is 0 Å². The summed E-state index contributed by atoms with van der Waals surface area (Å²) in [7, 11) is 3.52. The summed E-state index contributed by atoms with van der Waals surface area (Å²) >= 11 is 0. The van der Waals surface area contributed by atoms with E-state index in [1.807, 2.05) is 0 Å². The van der Waals surface area contributed by atoms with Gasteiger partial charge in [0.25, 0.3) is 0 Å². The maximum Gasteiger partial charge on any atom is 0.119 e. The molecule has 0 spiro atoms. The summed E-state index contributed by atoms with van der Waals surface area (Å²) in [5, 5.41) is 0. The van der Waals surface area contributed by atoms with Gasteiger partial charge < -0.3 is 9.47 Å². The van der Waals surface area contributed by atoms with Gasteiger partial charge in [0.1, 0.15) is 11.5 Å². The molecule has 0 radical (unpaired) electrons. The minimum absolute atomic E-state index is 0.587. The largest absolute Gasteiger partial charge is 0.497 e. The van der Waals surface area contributed by atoms with E-state index in [4.69, 9.17) is 9.47 Å². The first-order valence-corrected chi connectivity index (χ1v) is 10.1. The second kappa shape index (κ2) is 7.34. The standard InChI is InChI=1S/C24H30O2/c1-4-19-21-14-13-18(26-3)15-23(21)20-7-5-6-8-22(20)24(19)16-9-11-17(25-2)12-10-16/h9-15,19-20,22,24H,4-8H2,1-3H3/t19-,20+,22-,24+/m0/s1. The van der Waals surface area contributed by atoms with Crippen molar-refractivity contribution in [2.45, 2.75) is 56.8 Å². The Balaban J connectivity index is 1.81. The molecule has 138 valence electrons. The van der Waals surface area contributed by atoms with Crippen molar-refractivity contribution < 1.29 is 9.47 Å². The van der Waals surface area contributed by atoms with Gasteiger partial charge >= 0.3 is 0 Å². The Morgan fingerprint density at radius 3 is 2.23 bits per heavy atom. The van der Waals surface area contributed by atoms with Crippen LogP contribution >= 0.6 is 0 Å². The predicted molar refractivity (Wildman–Crippen MR) is 106 cm³/mol. The van der Waals surface area contributed by atoms with Crippen LogP contribution in [0.25, 0.3) is 0 Å². The predicted octanol–water partition coefficient (Wildman–Crippen LogP) is 6.27. The quantitative estimate of drug-likeness (QED) is 0.647. The first-order chi connectivity index (χ1) is 12.8. The second-order valence-electron chi connectivity index (χ2n) is 7.86. The molecule has 0 bridgehead atoms. The lowest BCUT2D eigenvalue weighted by Crippen LogP contribution is -2.33. The lowest BCUT2D eigenvalue weighted by molar-refractivity contribution is 0.215. The zero-order valence-electron chi connectivity index (χ0n) is 16.2. The average Bonchev–Trinajstić information content (AvgIpc) is 2.72. The molecule has 1 fully saturated rings. The molecule has 0 saturated heterocycles. The summed E-state index contributed by atoms with van der Waals surface area (Å²) in [6.07, 6.45) is 6.55. The van der Waals surface area contributed by atoms with Gasteiger partial charge in [0.2, 0.25) is 0 Å². The Bertz CT molecular complexity index is 749. The molecule has 26 heavy (non-hydrogen) atoms. The summed E-state index contributed by atoms with van der Waals surface area (Å²) in [6, 6.07) is 15.7. The lowest BCUT2D eigenvalue weighted by Gasteiger charge is -2.47. The highest BCUT2D eigenvalue weighted by Gasteiger charge is 2.43. The first kappa shape index (κ1) is 17.5. The van der Waals surface area contributed by atoms with Crippen molar-refractivity contribution in [3.8, 4) is 11.5 Å². The highest BCUT2D eigenvalue weighted by Crippen LogP contribution is 2.57. The Hall–Kier alpha value is -1.96. The van der Waals surface area contributed by atoms with Crippen LogP contribution in [-0.2, 0) is 0 Å². The van der Waals surface area contributed by atoms with Gasteiger partial charge in [-0.2, -0.15) is 0 Å². The molecule has 4 atom stereocenters. The van der Waals surface area contributed by atoms with Crippen molar-refractivity contribution in [1.29, 1.82) is 0 Å². The number of hydrogen-bond donors (Lipinski definition) is 0. The van der Waals surface area contributed by atoms with Gasteiger partial charge in [0, 0.05) is 0 Å². The topological polar surface area (TPSA) is 18.5 Å². The Morgan fingerprint density at radius 1 is 0.846 bits per heavy atom. The molecule has 2 nitrogen and oxygen atoms in total. The molecule has 2 aromatic rings. The molecular weight excluding hydrogens is 320 g/mol. The number of benzene rings is 2. The molecular formula is C24H30O2. The van der Waals surface area contributed by atoms with Crippen molar-refractivity contribution in [3.63, 3.8) is 0 Å². The van der Waals surface area contributed by atoms with E-state index < -0.39 is 0 Å². The summed E-state index contributed by atoms with van der Waals surface area (Å²) in [5.41, 5.74) is 4.60. The molecule has 0 amide bonds. The first-order valence-electron chi connectivity index (χ1n) is 10.1. The smallest absolute Gasteiger partial charge is 0.119 e. The van der Waals surface area contributed by atoms with Crippen LogP contribution in [0.2, 0.25) is 0 Å². The third-order valence-electron chi connectivity index (χ3n) is 6.75. The molecule has 2 aromatic carbocycles.